The Hall–Kier alpha value is -0.430. The van der Waals surface area contributed by atoms with E-state index in [1.807, 2.05) is 24.2 Å². The second kappa shape index (κ2) is 5.65. The summed E-state index contributed by atoms with van der Waals surface area (Å²) < 4.78 is 28.2. The molecule has 118 valence electrons. The van der Waals surface area contributed by atoms with E-state index in [-0.39, 0.29) is 5.54 Å². The quantitative estimate of drug-likeness (QED) is 0.908. The van der Waals surface area contributed by atoms with E-state index in [9.17, 15) is 8.42 Å². The zero-order valence-electron chi connectivity index (χ0n) is 12.8. The van der Waals surface area contributed by atoms with Crippen LogP contribution in [0.2, 0.25) is 0 Å². The van der Waals surface area contributed by atoms with E-state index >= 15 is 0 Å². The molecule has 1 aliphatic heterocycles. The number of hydrogen-bond acceptors (Lipinski definition) is 4. The van der Waals surface area contributed by atoms with Gasteiger partial charge in [0.05, 0.1) is 4.90 Å². The van der Waals surface area contributed by atoms with Gasteiger partial charge in [0.2, 0.25) is 10.0 Å². The van der Waals surface area contributed by atoms with E-state index < -0.39 is 10.0 Å². The molecule has 1 aromatic rings. The molecule has 1 aromatic heterocycles. The van der Waals surface area contributed by atoms with Crippen molar-refractivity contribution in [1.82, 2.24) is 9.62 Å². The summed E-state index contributed by atoms with van der Waals surface area (Å²) >= 11 is 1.57. The Balaban J connectivity index is 2.01. The SMILES string of the molecule is Cc1cc(S(=O)(=O)N2CCNCC23CCCCC3)c(C)s1. The fraction of sp³-hybridized carbons (Fsp3) is 0.733. The number of piperazine rings is 1. The number of thiophene rings is 1. The fourth-order valence-electron chi connectivity index (χ4n) is 3.82. The predicted molar refractivity (Wildman–Crippen MR) is 86.4 cm³/mol. The van der Waals surface area contributed by atoms with E-state index in [2.05, 4.69) is 5.32 Å². The lowest BCUT2D eigenvalue weighted by Gasteiger charge is -2.48. The Morgan fingerprint density at radius 3 is 2.57 bits per heavy atom. The van der Waals surface area contributed by atoms with Gasteiger partial charge in [-0.25, -0.2) is 8.42 Å². The van der Waals surface area contributed by atoms with Crippen LogP contribution in [0.15, 0.2) is 11.0 Å². The average molecular weight is 329 g/mol. The van der Waals surface area contributed by atoms with Crippen LogP contribution in [0.3, 0.4) is 0 Å². The highest BCUT2D eigenvalue weighted by Gasteiger charge is 2.46. The zero-order valence-corrected chi connectivity index (χ0v) is 14.4. The maximum absolute atomic E-state index is 13.2. The fourth-order valence-corrected chi connectivity index (χ4v) is 7.17. The molecule has 0 atom stereocenters. The molecular weight excluding hydrogens is 304 g/mol. The number of sulfonamides is 1. The molecule has 0 bridgehead atoms. The second-order valence-electron chi connectivity index (χ2n) is 6.32. The lowest BCUT2D eigenvalue weighted by atomic mass is 9.80. The molecule has 1 N–H and O–H groups in total. The van der Waals surface area contributed by atoms with Crippen molar-refractivity contribution in [3.8, 4) is 0 Å². The first kappa shape index (κ1) is 15.5. The second-order valence-corrected chi connectivity index (χ2v) is 9.61. The molecule has 0 aromatic carbocycles. The number of nitrogens with zero attached hydrogens (tertiary/aromatic N) is 1. The van der Waals surface area contributed by atoms with Crippen molar-refractivity contribution in [2.45, 2.75) is 56.4 Å². The van der Waals surface area contributed by atoms with Crippen LogP contribution >= 0.6 is 11.3 Å². The van der Waals surface area contributed by atoms with Gasteiger partial charge in [0.25, 0.3) is 0 Å². The Labute approximate surface area is 131 Å². The van der Waals surface area contributed by atoms with Gasteiger partial charge in [-0.05, 0) is 32.8 Å². The lowest BCUT2D eigenvalue weighted by Crippen LogP contribution is -2.63. The summed E-state index contributed by atoms with van der Waals surface area (Å²) in [5, 5.41) is 3.42. The Kier molecular flexibility index (Phi) is 4.16. The molecule has 2 aliphatic rings. The van der Waals surface area contributed by atoms with Gasteiger partial charge in [0, 0.05) is 34.9 Å². The van der Waals surface area contributed by atoms with Crippen LogP contribution in [0.25, 0.3) is 0 Å². The molecule has 3 rings (SSSR count). The van der Waals surface area contributed by atoms with Crippen molar-refractivity contribution < 1.29 is 8.42 Å². The molecule has 2 heterocycles. The highest BCUT2D eigenvalue weighted by Crippen LogP contribution is 2.39. The molecule has 1 saturated heterocycles. The number of aryl methyl sites for hydroxylation is 2. The van der Waals surface area contributed by atoms with Crippen LogP contribution in [0.1, 0.15) is 41.9 Å². The molecule has 1 spiro atoms. The van der Waals surface area contributed by atoms with Gasteiger partial charge in [0.15, 0.2) is 0 Å². The molecule has 21 heavy (non-hydrogen) atoms. The first-order valence-corrected chi connectivity index (χ1v) is 10.0. The molecule has 0 radical (unpaired) electrons. The van der Waals surface area contributed by atoms with E-state index in [1.54, 1.807) is 11.3 Å². The molecule has 0 unspecified atom stereocenters. The summed E-state index contributed by atoms with van der Waals surface area (Å²) in [5.74, 6) is 0. The predicted octanol–water partition coefficient (Wildman–Crippen LogP) is 2.66. The number of hydrogen-bond donors (Lipinski definition) is 1. The van der Waals surface area contributed by atoms with Gasteiger partial charge in [0.1, 0.15) is 0 Å². The van der Waals surface area contributed by atoms with E-state index in [4.69, 9.17) is 0 Å². The van der Waals surface area contributed by atoms with Crippen molar-refractivity contribution in [2.75, 3.05) is 19.6 Å². The Bertz CT molecular complexity index is 607. The van der Waals surface area contributed by atoms with E-state index in [0.717, 1.165) is 48.5 Å². The topological polar surface area (TPSA) is 49.4 Å². The summed E-state index contributed by atoms with van der Waals surface area (Å²) in [5.41, 5.74) is -0.197. The van der Waals surface area contributed by atoms with Crippen molar-refractivity contribution in [3.05, 3.63) is 15.8 Å². The average Bonchev–Trinajstić information content (AvgIpc) is 2.80. The van der Waals surface area contributed by atoms with E-state index in [0.29, 0.717) is 11.4 Å². The van der Waals surface area contributed by atoms with Gasteiger partial charge in [-0.1, -0.05) is 19.3 Å². The highest BCUT2D eigenvalue weighted by molar-refractivity contribution is 7.89. The Morgan fingerprint density at radius 1 is 1.24 bits per heavy atom. The summed E-state index contributed by atoms with van der Waals surface area (Å²) in [4.78, 5) is 2.51. The third-order valence-electron chi connectivity index (χ3n) is 4.82. The van der Waals surface area contributed by atoms with Gasteiger partial charge >= 0.3 is 0 Å². The smallest absolute Gasteiger partial charge is 0.244 e. The van der Waals surface area contributed by atoms with Gasteiger partial charge in [-0.3, -0.25) is 0 Å². The summed E-state index contributed by atoms with van der Waals surface area (Å²) in [7, 11) is -3.38. The maximum atomic E-state index is 13.2. The molecule has 1 aliphatic carbocycles. The molecular formula is C15H24N2O2S2. The van der Waals surface area contributed by atoms with Crippen molar-refractivity contribution in [3.63, 3.8) is 0 Å². The standard InChI is InChI=1S/C15H24N2O2S2/c1-12-10-14(13(2)20-12)21(18,19)17-9-8-16-11-15(17)6-4-3-5-7-15/h10,16H,3-9,11H2,1-2H3. The van der Waals surface area contributed by atoms with Crippen molar-refractivity contribution in [2.24, 2.45) is 0 Å². The third-order valence-corrected chi connectivity index (χ3v) is 8.05. The first-order chi connectivity index (χ1) is 9.96. The van der Waals surface area contributed by atoms with Crippen LogP contribution in [0, 0.1) is 13.8 Å². The van der Waals surface area contributed by atoms with Gasteiger partial charge in [-0.2, -0.15) is 4.31 Å². The molecule has 0 amide bonds. The maximum Gasteiger partial charge on any atom is 0.244 e. The Morgan fingerprint density at radius 2 is 1.95 bits per heavy atom. The minimum atomic E-state index is -3.38. The normalized spacial score (nSPS) is 23.5. The molecule has 2 fully saturated rings. The van der Waals surface area contributed by atoms with Crippen molar-refractivity contribution >= 4 is 21.4 Å². The summed E-state index contributed by atoms with van der Waals surface area (Å²) in [6.45, 7) is 6.04. The minimum absolute atomic E-state index is 0.197. The van der Waals surface area contributed by atoms with Crippen LogP contribution < -0.4 is 5.32 Å². The first-order valence-electron chi connectivity index (χ1n) is 7.76. The monoisotopic (exact) mass is 328 g/mol. The molecule has 4 nitrogen and oxygen atoms in total. The van der Waals surface area contributed by atoms with Gasteiger partial charge in [-0.15, -0.1) is 11.3 Å². The number of rotatable bonds is 2. The van der Waals surface area contributed by atoms with Crippen LogP contribution in [0.5, 0.6) is 0 Å². The van der Waals surface area contributed by atoms with Gasteiger partial charge < -0.3 is 5.32 Å². The largest absolute Gasteiger partial charge is 0.314 e. The highest BCUT2D eigenvalue weighted by atomic mass is 32.2. The third kappa shape index (κ3) is 2.67. The zero-order chi connectivity index (χ0) is 15.1. The van der Waals surface area contributed by atoms with Crippen LogP contribution in [-0.4, -0.2) is 37.9 Å². The number of nitrogens with one attached hydrogen (secondary N) is 1. The molecule has 6 heteroatoms. The summed E-state index contributed by atoms with van der Waals surface area (Å²) in [6, 6.07) is 1.84. The van der Waals surface area contributed by atoms with Crippen molar-refractivity contribution in [1.29, 1.82) is 0 Å². The lowest BCUT2D eigenvalue weighted by molar-refractivity contribution is 0.101. The van der Waals surface area contributed by atoms with Crippen LogP contribution in [0.4, 0.5) is 0 Å². The van der Waals surface area contributed by atoms with E-state index in [1.165, 1.54) is 6.42 Å². The minimum Gasteiger partial charge on any atom is -0.314 e. The summed E-state index contributed by atoms with van der Waals surface area (Å²) in [6.07, 6.45) is 5.47. The van der Waals surface area contributed by atoms with Crippen LogP contribution in [-0.2, 0) is 10.0 Å². The molecule has 1 saturated carbocycles.